The largest absolute Gasteiger partial charge is 0.573 e. The number of alkyl halides is 3. The van der Waals surface area contributed by atoms with Gasteiger partial charge in [0, 0.05) is 5.56 Å². The summed E-state index contributed by atoms with van der Waals surface area (Å²) < 4.78 is 47.5. The minimum Gasteiger partial charge on any atom is -0.540 e. The maximum absolute atomic E-state index is 12.8. The Balaban J connectivity index is 2.08. The predicted molar refractivity (Wildman–Crippen MR) is 136 cm³/mol. The van der Waals surface area contributed by atoms with Crippen molar-refractivity contribution in [2.24, 2.45) is 0 Å². The third-order valence-electron chi connectivity index (χ3n) is 5.71. The molecule has 0 N–H and O–H groups in total. The number of carboxylic acids is 1. The van der Waals surface area contributed by atoms with Crippen LogP contribution in [0.1, 0.15) is 45.2 Å². The second-order valence-electron chi connectivity index (χ2n) is 9.73. The van der Waals surface area contributed by atoms with Gasteiger partial charge in [0.1, 0.15) is 17.5 Å². The number of hydrogen-bond acceptors (Lipinski definition) is 5. The maximum atomic E-state index is 12.8. The molecular weight excluding hydrogens is 499 g/mol. The van der Waals surface area contributed by atoms with E-state index in [2.05, 4.69) is 25.5 Å². The maximum Gasteiger partial charge on any atom is 0.573 e. The van der Waals surface area contributed by atoms with Crippen LogP contribution in [-0.2, 0) is 21.5 Å². The molecule has 0 heterocycles. The first kappa shape index (κ1) is 28.6. The Kier molecular flexibility index (Phi) is 8.70. The van der Waals surface area contributed by atoms with Gasteiger partial charge in [-0.2, -0.15) is 0 Å². The number of amides is 1. The summed E-state index contributed by atoms with van der Waals surface area (Å²) in [5.74, 6) is -3.10. The average molecular weight is 529 g/mol. The van der Waals surface area contributed by atoms with Gasteiger partial charge in [0.05, 0.1) is 18.8 Å². The van der Waals surface area contributed by atoms with Crippen LogP contribution in [0, 0.1) is 0 Å². The van der Waals surface area contributed by atoms with Crippen LogP contribution in [0.15, 0.2) is 66.7 Å². The lowest BCUT2D eigenvalue weighted by Crippen LogP contribution is -2.44. The van der Waals surface area contributed by atoms with Crippen LogP contribution in [0.5, 0.6) is 11.5 Å². The van der Waals surface area contributed by atoms with Crippen molar-refractivity contribution in [2.45, 2.75) is 52.4 Å². The topological polar surface area (TPSA) is 78.9 Å². The number of ether oxygens (including phenoxy) is 2. The predicted octanol–water partition coefficient (Wildman–Crippen LogP) is 5.62. The van der Waals surface area contributed by atoms with E-state index in [1.165, 1.54) is 12.1 Å². The molecule has 3 aromatic rings. The molecule has 9 heteroatoms. The summed E-state index contributed by atoms with van der Waals surface area (Å²) >= 11 is 0. The SMILES string of the molecule is CCCOc1ccc(N(Cc2ccc(C(C)(C)C)cc2)C(=O)C(=O)[O-])c(-c2ccc(OC(F)(F)F)cc2)c1. The summed E-state index contributed by atoms with van der Waals surface area (Å²) in [6, 6.07) is 17.3. The van der Waals surface area contributed by atoms with Crippen LogP contribution in [0.25, 0.3) is 11.1 Å². The zero-order valence-electron chi connectivity index (χ0n) is 21.6. The lowest BCUT2D eigenvalue weighted by atomic mass is 9.86. The fourth-order valence-electron chi connectivity index (χ4n) is 3.80. The van der Waals surface area contributed by atoms with Crippen LogP contribution >= 0.6 is 0 Å². The third-order valence-corrected chi connectivity index (χ3v) is 5.71. The van der Waals surface area contributed by atoms with Gasteiger partial charge in [-0.05, 0) is 58.9 Å². The highest BCUT2D eigenvalue weighted by Gasteiger charge is 2.31. The highest BCUT2D eigenvalue weighted by molar-refractivity contribution is 6.36. The summed E-state index contributed by atoms with van der Waals surface area (Å²) in [6.07, 6.45) is -4.11. The Bertz CT molecular complexity index is 1260. The van der Waals surface area contributed by atoms with Crippen molar-refractivity contribution in [3.63, 3.8) is 0 Å². The van der Waals surface area contributed by atoms with Crippen LogP contribution in [0.3, 0.4) is 0 Å². The van der Waals surface area contributed by atoms with Crippen molar-refractivity contribution in [1.82, 2.24) is 0 Å². The number of rotatable bonds is 8. The Labute approximate surface area is 219 Å². The molecule has 0 saturated heterocycles. The molecule has 0 fully saturated rings. The lowest BCUT2D eigenvalue weighted by molar-refractivity contribution is -0.300. The second kappa shape index (κ2) is 11.6. The van der Waals surface area contributed by atoms with Gasteiger partial charge >= 0.3 is 6.36 Å². The van der Waals surface area contributed by atoms with Crippen LogP contribution in [0.4, 0.5) is 18.9 Å². The third kappa shape index (κ3) is 7.50. The van der Waals surface area contributed by atoms with Gasteiger partial charge in [0.25, 0.3) is 5.91 Å². The molecule has 0 radical (unpaired) electrons. The number of carboxylic acid groups (broad SMARTS) is 1. The summed E-state index contributed by atoms with van der Waals surface area (Å²) in [7, 11) is 0. The van der Waals surface area contributed by atoms with Crippen molar-refractivity contribution in [2.75, 3.05) is 11.5 Å². The summed E-state index contributed by atoms with van der Waals surface area (Å²) in [4.78, 5) is 25.6. The molecule has 1 amide bonds. The van der Waals surface area contributed by atoms with E-state index in [1.807, 2.05) is 31.2 Å². The smallest absolute Gasteiger partial charge is 0.540 e. The average Bonchev–Trinajstić information content (AvgIpc) is 2.85. The van der Waals surface area contributed by atoms with Gasteiger partial charge in [0.2, 0.25) is 0 Å². The summed E-state index contributed by atoms with van der Waals surface area (Å²) in [6.45, 7) is 8.46. The van der Waals surface area contributed by atoms with Crippen LogP contribution in [-0.4, -0.2) is 24.8 Å². The first-order valence-electron chi connectivity index (χ1n) is 12.0. The van der Waals surface area contributed by atoms with E-state index >= 15 is 0 Å². The number of aliphatic carboxylic acids is 1. The second-order valence-corrected chi connectivity index (χ2v) is 9.73. The van der Waals surface area contributed by atoms with Crippen molar-refractivity contribution < 1.29 is 37.3 Å². The van der Waals surface area contributed by atoms with E-state index in [4.69, 9.17) is 4.74 Å². The molecule has 0 aliphatic carbocycles. The molecule has 0 aliphatic heterocycles. The molecule has 38 heavy (non-hydrogen) atoms. The first-order chi connectivity index (χ1) is 17.8. The first-order valence-corrected chi connectivity index (χ1v) is 12.0. The molecule has 202 valence electrons. The molecule has 0 aliphatic rings. The molecule has 6 nitrogen and oxygen atoms in total. The molecule has 0 saturated carbocycles. The van der Waals surface area contributed by atoms with Gasteiger partial charge in [-0.15, -0.1) is 13.2 Å². The molecule has 0 spiro atoms. The fraction of sp³-hybridized carbons (Fsp3) is 0.310. The van der Waals surface area contributed by atoms with Crippen LogP contribution < -0.4 is 19.5 Å². The molecular formula is C29H29F3NO5-. The number of carbonyl (C=O) groups excluding carboxylic acids is 2. The van der Waals surface area contributed by atoms with E-state index in [0.717, 1.165) is 29.0 Å². The number of benzene rings is 3. The normalized spacial score (nSPS) is 11.7. The Morgan fingerprint density at radius 1 is 0.895 bits per heavy atom. The highest BCUT2D eigenvalue weighted by Crippen LogP contribution is 2.37. The van der Waals surface area contributed by atoms with E-state index in [-0.39, 0.29) is 17.6 Å². The zero-order chi connectivity index (χ0) is 28.1. The van der Waals surface area contributed by atoms with E-state index in [1.54, 1.807) is 18.2 Å². The number of halogens is 3. The van der Waals surface area contributed by atoms with E-state index in [9.17, 15) is 27.9 Å². The number of hydrogen-bond donors (Lipinski definition) is 0. The van der Waals surface area contributed by atoms with Crippen molar-refractivity contribution >= 4 is 17.6 Å². The Hall–Kier alpha value is -4.01. The van der Waals surface area contributed by atoms with Crippen molar-refractivity contribution in [1.29, 1.82) is 0 Å². The molecule has 0 bridgehead atoms. The molecule has 0 unspecified atom stereocenters. The fourth-order valence-corrected chi connectivity index (χ4v) is 3.80. The van der Waals surface area contributed by atoms with Gasteiger partial charge in [0.15, 0.2) is 0 Å². The van der Waals surface area contributed by atoms with Gasteiger partial charge in [-0.1, -0.05) is 64.1 Å². The molecule has 0 atom stereocenters. The standard InChI is InChI=1S/C29H30F3NO5/c1-5-16-37-23-14-15-25(24(17-23)20-8-12-22(13-9-20)38-29(30,31)32)33(26(34)27(35)36)18-19-6-10-21(11-7-19)28(2,3)4/h6-15,17H,5,16,18H2,1-4H3,(H,35,36)/p-1. The van der Waals surface area contributed by atoms with Crippen molar-refractivity contribution in [3.05, 3.63) is 77.9 Å². The Morgan fingerprint density at radius 3 is 2.03 bits per heavy atom. The van der Waals surface area contributed by atoms with Gasteiger partial charge in [-0.3, -0.25) is 4.79 Å². The van der Waals surface area contributed by atoms with E-state index < -0.39 is 24.0 Å². The van der Waals surface area contributed by atoms with Crippen LogP contribution in [0.2, 0.25) is 0 Å². The zero-order valence-corrected chi connectivity index (χ0v) is 21.6. The molecule has 0 aromatic heterocycles. The van der Waals surface area contributed by atoms with Gasteiger partial charge < -0.3 is 24.3 Å². The van der Waals surface area contributed by atoms with Gasteiger partial charge in [-0.25, -0.2) is 0 Å². The van der Waals surface area contributed by atoms with E-state index in [0.29, 0.717) is 29.0 Å². The molecule has 3 rings (SSSR count). The lowest BCUT2D eigenvalue weighted by Gasteiger charge is -2.27. The summed E-state index contributed by atoms with van der Waals surface area (Å²) in [5, 5.41) is 11.7. The minimum atomic E-state index is -4.85. The quantitative estimate of drug-likeness (QED) is 0.355. The molecule has 3 aromatic carbocycles. The Morgan fingerprint density at radius 2 is 1.50 bits per heavy atom. The minimum absolute atomic E-state index is 0.0747. The van der Waals surface area contributed by atoms with Crippen molar-refractivity contribution in [3.8, 4) is 22.6 Å². The number of carbonyl (C=O) groups is 2. The summed E-state index contributed by atoms with van der Waals surface area (Å²) in [5.41, 5.74) is 2.70. The highest BCUT2D eigenvalue weighted by atomic mass is 19.4. The monoisotopic (exact) mass is 528 g/mol. The number of nitrogens with zero attached hydrogens (tertiary/aromatic N) is 1. The number of anilines is 1.